The summed E-state index contributed by atoms with van der Waals surface area (Å²) < 4.78 is 7.16. The van der Waals surface area contributed by atoms with Crippen molar-refractivity contribution in [1.82, 2.24) is 9.78 Å². The van der Waals surface area contributed by atoms with Gasteiger partial charge in [0.1, 0.15) is 5.75 Å². The SMILES string of the molecule is CCn1nc(C)c(N)c1N(C)c1cccc(OC)c1. The largest absolute Gasteiger partial charge is 0.497 e. The number of hydrogen-bond acceptors (Lipinski definition) is 4. The lowest BCUT2D eigenvalue weighted by molar-refractivity contribution is 0.415. The Morgan fingerprint density at radius 1 is 1.42 bits per heavy atom. The summed E-state index contributed by atoms with van der Waals surface area (Å²) >= 11 is 0. The van der Waals surface area contributed by atoms with Gasteiger partial charge in [-0.3, -0.25) is 0 Å². The molecule has 2 N–H and O–H groups in total. The van der Waals surface area contributed by atoms with Crippen LogP contribution in [0.3, 0.4) is 0 Å². The highest BCUT2D eigenvalue weighted by Gasteiger charge is 2.17. The molecule has 19 heavy (non-hydrogen) atoms. The Labute approximate surface area is 113 Å². The van der Waals surface area contributed by atoms with E-state index in [0.717, 1.165) is 29.5 Å². The third-order valence-corrected chi connectivity index (χ3v) is 3.20. The van der Waals surface area contributed by atoms with Crippen LogP contribution >= 0.6 is 0 Å². The van der Waals surface area contributed by atoms with Gasteiger partial charge in [0.25, 0.3) is 0 Å². The second kappa shape index (κ2) is 5.22. The summed E-state index contributed by atoms with van der Waals surface area (Å²) in [5.74, 6) is 1.73. The van der Waals surface area contributed by atoms with Crippen molar-refractivity contribution in [2.75, 3.05) is 24.8 Å². The zero-order valence-electron chi connectivity index (χ0n) is 11.8. The van der Waals surface area contributed by atoms with Crippen LogP contribution in [-0.4, -0.2) is 23.9 Å². The molecule has 0 saturated heterocycles. The molecule has 2 aromatic rings. The monoisotopic (exact) mass is 260 g/mol. The third kappa shape index (κ3) is 2.36. The van der Waals surface area contributed by atoms with Crippen molar-refractivity contribution in [2.24, 2.45) is 0 Å². The third-order valence-electron chi connectivity index (χ3n) is 3.20. The molecule has 0 radical (unpaired) electrons. The van der Waals surface area contributed by atoms with Crippen LogP contribution in [-0.2, 0) is 6.54 Å². The van der Waals surface area contributed by atoms with Crippen LogP contribution in [0.2, 0.25) is 0 Å². The molecule has 0 amide bonds. The molecule has 5 nitrogen and oxygen atoms in total. The molecule has 0 unspecified atom stereocenters. The van der Waals surface area contributed by atoms with Crippen molar-refractivity contribution in [3.05, 3.63) is 30.0 Å². The van der Waals surface area contributed by atoms with Gasteiger partial charge >= 0.3 is 0 Å². The van der Waals surface area contributed by atoms with Crippen molar-refractivity contribution >= 4 is 17.2 Å². The summed E-state index contributed by atoms with van der Waals surface area (Å²) in [4.78, 5) is 2.03. The number of aryl methyl sites for hydroxylation is 2. The molecule has 0 aliphatic rings. The van der Waals surface area contributed by atoms with Gasteiger partial charge in [-0.25, -0.2) is 4.68 Å². The van der Waals surface area contributed by atoms with Gasteiger partial charge < -0.3 is 15.4 Å². The molecule has 0 aliphatic heterocycles. The first kappa shape index (κ1) is 13.3. The predicted octanol–water partition coefficient (Wildman–Crippen LogP) is 2.57. The quantitative estimate of drug-likeness (QED) is 0.918. The molecular weight excluding hydrogens is 240 g/mol. The number of nitrogen functional groups attached to an aromatic ring is 1. The van der Waals surface area contributed by atoms with Crippen LogP contribution in [0, 0.1) is 6.92 Å². The standard InChI is InChI=1S/C14H20N4O/c1-5-18-14(13(15)10(2)16-18)17(3)11-7-6-8-12(9-11)19-4/h6-9H,5,15H2,1-4H3. The van der Waals surface area contributed by atoms with E-state index in [1.54, 1.807) is 7.11 Å². The molecule has 2 rings (SSSR count). The lowest BCUT2D eigenvalue weighted by Gasteiger charge is -2.21. The minimum atomic E-state index is 0.715. The van der Waals surface area contributed by atoms with E-state index < -0.39 is 0 Å². The van der Waals surface area contributed by atoms with Crippen LogP contribution in [0.15, 0.2) is 24.3 Å². The first-order valence-corrected chi connectivity index (χ1v) is 6.29. The summed E-state index contributed by atoms with van der Waals surface area (Å²) in [6, 6.07) is 7.87. The number of hydrogen-bond donors (Lipinski definition) is 1. The first-order valence-electron chi connectivity index (χ1n) is 6.29. The summed E-state index contributed by atoms with van der Waals surface area (Å²) in [5, 5.41) is 4.44. The first-order chi connectivity index (χ1) is 9.08. The predicted molar refractivity (Wildman–Crippen MR) is 78.1 cm³/mol. The van der Waals surface area contributed by atoms with Crippen LogP contribution in [0.1, 0.15) is 12.6 Å². The molecule has 0 fully saturated rings. The molecule has 0 aliphatic carbocycles. The van der Waals surface area contributed by atoms with Gasteiger partial charge in [-0.1, -0.05) is 6.07 Å². The maximum Gasteiger partial charge on any atom is 0.154 e. The Morgan fingerprint density at radius 2 is 2.16 bits per heavy atom. The number of anilines is 3. The molecule has 1 heterocycles. The molecule has 5 heteroatoms. The minimum Gasteiger partial charge on any atom is -0.497 e. The molecule has 0 saturated carbocycles. The number of nitrogens with two attached hydrogens (primary N) is 1. The van der Waals surface area contributed by atoms with E-state index in [0.29, 0.717) is 5.69 Å². The zero-order chi connectivity index (χ0) is 14.0. The molecule has 0 spiro atoms. The molecular formula is C14H20N4O. The molecule has 0 bridgehead atoms. The van der Waals surface area contributed by atoms with E-state index in [1.807, 2.05) is 47.8 Å². The van der Waals surface area contributed by atoms with Crippen molar-refractivity contribution in [3.63, 3.8) is 0 Å². The van der Waals surface area contributed by atoms with Gasteiger partial charge in [-0.2, -0.15) is 5.10 Å². The Bertz CT molecular complexity index is 577. The smallest absolute Gasteiger partial charge is 0.154 e. The summed E-state index contributed by atoms with van der Waals surface area (Å²) in [5.41, 5.74) is 8.71. The summed E-state index contributed by atoms with van der Waals surface area (Å²) in [6.07, 6.45) is 0. The Morgan fingerprint density at radius 3 is 2.79 bits per heavy atom. The second-order valence-corrected chi connectivity index (χ2v) is 4.40. The molecule has 1 aromatic heterocycles. The maximum absolute atomic E-state index is 6.13. The van der Waals surface area contributed by atoms with Crippen molar-refractivity contribution in [1.29, 1.82) is 0 Å². The van der Waals surface area contributed by atoms with Crippen molar-refractivity contribution in [3.8, 4) is 5.75 Å². The molecule has 1 aromatic carbocycles. The number of ether oxygens (including phenoxy) is 1. The molecule has 102 valence electrons. The van der Waals surface area contributed by atoms with Crippen molar-refractivity contribution in [2.45, 2.75) is 20.4 Å². The van der Waals surface area contributed by atoms with E-state index in [9.17, 15) is 0 Å². The zero-order valence-corrected chi connectivity index (χ0v) is 11.8. The van der Waals surface area contributed by atoms with Gasteiger partial charge in [-0.15, -0.1) is 0 Å². The number of rotatable bonds is 4. The minimum absolute atomic E-state index is 0.715. The van der Waals surface area contributed by atoms with E-state index in [-0.39, 0.29) is 0 Å². The highest BCUT2D eigenvalue weighted by atomic mass is 16.5. The number of methoxy groups -OCH3 is 1. The number of nitrogens with zero attached hydrogens (tertiary/aromatic N) is 3. The lowest BCUT2D eigenvalue weighted by Crippen LogP contribution is -2.16. The average molecular weight is 260 g/mol. The number of benzene rings is 1. The van der Waals surface area contributed by atoms with Crippen LogP contribution in [0.4, 0.5) is 17.2 Å². The Balaban J connectivity index is 2.46. The van der Waals surface area contributed by atoms with E-state index in [1.165, 1.54) is 0 Å². The van der Waals surface area contributed by atoms with Gasteiger partial charge in [-0.05, 0) is 26.0 Å². The maximum atomic E-state index is 6.13. The fraction of sp³-hybridized carbons (Fsp3) is 0.357. The van der Waals surface area contributed by atoms with Gasteiger partial charge in [0, 0.05) is 25.3 Å². The highest BCUT2D eigenvalue weighted by molar-refractivity contribution is 5.73. The van der Waals surface area contributed by atoms with Gasteiger partial charge in [0.05, 0.1) is 18.5 Å². The van der Waals surface area contributed by atoms with Crippen LogP contribution in [0.5, 0.6) is 5.75 Å². The normalized spacial score (nSPS) is 10.5. The fourth-order valence-corrected chi connectivity index (χ4v) is 2.10. The van der Waals surface area contributed by atoms with Crippen LogP contribution < -0.4 is 15.4 Å². The van der Waals surface area contributed by atoms with E-state index >= 15 is 0 Å². The fourth-order valence-electron chi connectivity index (χ4n) is 2.10. The number of aromatic nitrogens is 2. The van der Waals surface area contributed by atoms with Crippen molar-refractivity contribution < 1.29 is 4.74 Å². The lowest BCUT2D eigenvalue weighted by atomic mass is 10.2. The second-order valence-electron chi connectivity index (χ2n) is 4.40. The summed E-state index contributed by atoms with van der Waals surface area (Å²) in [7, 11) is 3.64. The highest BCUT2D eigenvalue weighted by Crippen LogP contribution is 2.32. The molecule has 0 atom stereocenters. The van der Waals surface area contributed by atoms with E-state index in [2.05, 4.69) is 12.0 Å². The van der Waals surface area contributed by atoms with Gasteiger partial charge in [0.2, 0.25) is 0 Å². The van der Waals surface area contributed by atoms with Gasteiger partial charge in [0.15, 0.2) is 5.82 Å². The Hall–Kier alpha value is -2.17. The Kier molecular flexibility index (Phi) is 3.64. The summed E-state index contributed by atoms with van der Waals surface area (Å²) in [6.45, 7) is 4.75. The van der Waals surface area contributed by atoms with E-state index in [4.69, 9.17) is 10.5 Å². The topological polar surface area (TPSA) is 56.3 Å². The van der Waals surface area contributed by atoms with Crippen LogP contribution in [0.25, 0.3) is 0 Å². The average Bonchev–Trinajstić information content (AvgIpc) is 2.73.